The number of furan rings is 4. The molecule has 0 amide bonds. The predicted molar refractivity (Wildman–Crippen MR) is 603 cm³/mol. The Hall–Kier alpha value is -18.5. The Morgan fingerprint density at radius 2 is 0.370 bits per heavy atom. The van der Waals surface area contributed by atoms with Crippen LogP contribution in [-0.4, -0.2) is 0 Å². The second kappa shape index (κ2) is 31.0. The zero-order valence-electron chi connectivity index (χ0n) is 80.0. The van der Waals surface area contributed by atoms with Crippen molar-refractivity contribution in [2.45, 2.75) is 35.5 Å². The molecule has 146 heavy (non-hydrogen) atoms. The van der Waals surface area contributed by atoms with E-state index in [1.54, 1.807) is 0 Å². The zero-order chi connectivity index (χ0) is 96.0. The molecule has 0 fully saturated rings. The Morgan fingerprint density at radius 1 is 0.144 bits per heavy atom. The number of fused-ring (bicyclic) bond motifs is 32. The van der Waals surface area contributed by atoms with E-state index in [0.29, 0.717) is 0 Å². The van der Waals surface area contributed by atoms with E-state index in [1.165, 1.54) is 166 Å². The lowest BCUT2D eigenvalue weighted by atomic mass is 9.67. The van der Waals surface area contributed by atoms with E-state index in [0.717, 1.165) is 132 Å². The van der Waals surface area contributed by atoms with Gasteiger partial charge in [0, 0.05) is 81.9 Å². The van der Waals surface area contributed by atoms with Crippen LogP contribution in [0.1, 0.15) is 91.7 Å². The lowest BCUT2D eigenvalue weighted by molar-refractivity contribution is 0.656. The second-order valence-corrected chi connectivity index (χ2v) is 40.5. The van der Waals surface area contributed by atoms with Gasteiger partial charge in [-0.3, -0.25) is 0 Å². The minimum atomic E-state index is -0.520. The third-order valence-electron chi connectivity index (χ3n) is 33.4. The summed E-state index contributed by atoms with van der Waals surface area (Å²) in [5.41, 5.74) is 42.4. The van der Waals surface area contributed by atoms with Gasteiger partial charge in [0.25, 0.3) is 0 Å². The molecule has 24 aromatic carbocycles. The van der Waals surface area contributed by atoms with Crippen LogP contribution in [0, 0.1) is 0 Å². The Bertz CT molecular complexity index is 9860. The molecule has 0 saturated heterocycles. The van der Waals surface area contributed by atoms with Gasteiger partial charge in [0.15, 0.2) is 0 Å². The molecule has 0 radical (unpaired) electrons. The quantitative estimate of drug-likeness (QED) is 0.128. The van der Waals surface area contributed by atoms with Crippen molar-refractivity contribution in [2.75, 3.05) is 0 Å². The number of rotatable bonds is 10. The Kier molecular flexibility index (Phi) is 17.5. The highest BCUT2D eigenvalue weighted by molar-refractivity contribution is 6.31. The molecule has 0 unspecified atom stereocenters. The molecular formula is C142H88O4. The Morgan fingerprint density at radius 3 is 0.685 bits per heavy atom. The van der Waals surface area contributed by atoms with Gasteiger partial charge in [-0.2, -0.15) is 0 Å². The van der Waals surface area contributed by atoms with E-state index in [2.05, 4.69) is 511 Å². The second-order valence-electron chi connectivity index (χ2n) is 40.5. The predicted octanol–water partition coefficient (Wildman–Crippen LogP) is 37.6. The van der Waals surface area contributed by atoms with Crippen molar-refractivity contribution in [2.24, 2.45) is 0 Å². The molecule has 4 nitrogen and oxygen atoms in total. The van der Waals surface area contributed by atoms with Gasteiger partial charge in [-0.05, 0) is 213 Å². The van der Waals surface area contributed by atoms with Crippen LogP contribution in [0.25, 0.3) is 220 Å². The van der Waals surface area contributed by atoms with Crippen molar-refractivity contribution in [1.82, 2.24) is 0 Å². The number of para-hydroxylation sites is 3. The summed E-state index contributed by atoms with van der Waals surface area (Å²) >= 11 is 0. The van der Waals surface area contributed by atoms with Crippen molar-refractivity contribution in [3.05, 3.63) is 575 Å². The van der Waals surface area contributed by atoms with Crippen LogP contribution in [-0.2, 0) is 21.7 Å². The summed E-state index contributed by atoms with van der Waals surface area (Å²) in [5, 5.41) is 18.5. The van der Waals surface area contributed by atoms with Gasteiger partial charge in [0.1, 0.15) is 44.7 Å². The van der Waals surface area contributed by atoms with Gasteiger partial charge in [0.05, 0.1) is 16.2 Å². The highest BCUT2D eigenvalue weighted by Gasteiger charge is 2.52. The molecule has 4 heterocycles. The maximum Gasteiger partial charge on any atom is 0.143 e. The maximum atomic E-state index is 7.28. The SMILES string of the molecule is CC1(C)c2ccccc2-c2c1ccc1oc3ccc(-c4c5ccccc5c(-c5cccc6c5oc5ccc7c(c56)-c5ccccc5C7(c5ccccc5)c5ccccc5)c5ccccc45)cc3c21.c1ccc(C2(c3ccccc3)c3ccccc3-c3c2ccc2oc4c(-c5c6ccccc6c(-c6cccc7c6oc6ccc8c(c67)-c6ccccc6C8(c6ccccc6)c6ccccc6)c6ccccc56)cccc4c32)cc1. The molecule has 0 bridgehead atoms. The normalized spacial score (nSPS) is 14.0. The first kappa shape index (κ1) is 82.3. The first-order valence-electron chi connectivity index (χ1n) is 50.8. The van der Waals surface area contributed by atoms with E-state index in [9.17, 15) is 0 Å². The monoisotopic (exact) mass is 1860 g/mol. The minimum absolute atomic E-state index is 0.105. The largest absolute Gasteiger partial charge is 0.456 e. The highest BCUT2D eigenvalue weighted by atomic mass is 16.3. The van der Waals surface area contributed by atoms with E-state index in [-0.39, 0.29) is 5.41 Å². The molecular weight excluding hydrogens is 1770 g/mol. The summed E-state index contributed by atoms with van der Waals surface area (Å²) < 4.78 is 28.4. The number of hydrogen-bond donors (Lipinski definition) is 0. The van der Waals surface area contributed by atoms with E-state index in [1.807, 2.05) is 0 Å². The van der Waals surface area contributed by atoms with Gasteiger partial charge in [-0.15, -0.1) is 0 Å². The van der Waals surface area contributed by atoms with Crippen LogP contribution >= 0.6 is 0 Å². The summed E-state index contributed by atoms with van der Waals surface area (Å²) in [7, 11) is 0. The molecule has 4 aromatic heterocycles. The smallest absolute Gasteiger partial charge is 0.143 e. The number of hydrogen-bond acceptors (Lipinski definition) is 4. The standard InChI is InChI=1S/C76H46O2.C66H42O2/c1-5-23-47(24-6-1)75(48-25-7-2-8-26-48)61-41-19-17-35-55(61)69-63(75)43-45-65-71(69)59-39-21-37-57(73(59)77-65)67-51-31-13-15-33-53(51)68(54-34-16-14-32-52(54)67)58-38-22-40-60-72-66(78-74(58)60)46-44-64-70(72)56-36-18-20-42-62(56)76(64,49-27-9-3-10-28-49)50-29-11-4-12-30-50;1-65(2)51-30-15-13-26-46(51)60-53(65)33-36-56-63(60)50-38-39(32-35-55(50)67-56)58-42-22-9-11-24-44(42)59(45-25-12-10-23-43(45)58)48-28-17-29-49-62-57(68-64(48)49)37-34-54-61(62)47-27-14-16-31-52(47)66(54,40-18-5-3-6-19-40)41-20-7-4-8-21-41/h1-46H;3-38H,1-2H3. The van der Waals surface area contributed by atoms with Crippen LogP contribution < -0.4 is 0 Å². The molecule has 680 valence electrons. The van der Waals surface area contributed by atoms with Gasteiger partial charge in [-0.1, -0.05) is 475 Å². The Labute approximate surface area is 842 Å². The summed E-state index contributed by atoms with van der Waals surface area (Å²) in [6.45, 7) is 4.69. The highest BCUT2D eigenvalue weighted by Crippen LogP contribution is 2.65. The van der Waals surface area contributed by atoms with Gasteiger partial charge in [-0.25, -0.2) is 0 Å². The molecule has 0 spiro atoms. The average Bonchev–Trinajstić information content (AvgIpc) is 1.52. The van der Waals surface area contributed by atoms with Crippen molar-refractivity contribution < 1.29 is 17.7 Å². The Balaban J connectivity index is 0.000000134. The fourth-order valence-corrected chi connectivity index (χ4v) is 27.7. The van der Waals surface area contributed by atoms with E-state index in [4.69, 9.17) is 17.7 Å². The molecule has 4 heteroatoms. The first-order valence-corrected chi connectivity index (χ1v) is 50.8. The van der Waals surface area contributed by atoms with E-state index >= 15 is 0 Å². The van der Waals surface area contributed by atoms with Crippen LogP contribution in [0.2, 0.25) is 0 Å². The fourth-order valence-electron chi connectivity index (χ4n) is 27.7. The molecule has 0 atom stereocenters. The van der Waals surface area contributed by atoms with Crippen molar-refractivity contribution in [1.29, 1.82) is 0 Å². The molecule has 0 saturated carbocycles. The number of benzene rings is 24. The topological polar surface area (TPSA) is 52.6 Å². The van der Waals surface area contributed by atoms with Crippen molar-refractivity contribution >= 4 is 131 Å². The summed E-state index contributed by atoms with van der Waals surface area (Å²) in [4.78, 5) is 0. The summed E-state index contributed by atoms with van der Waals surface area (Å²) in [6, 6.07) is 183. The lowest BCUT2D eigenvalue weighted by Gasteiger charge is -2.33. The van der Waals surface area contributed by atoms with Crippen molar-refractivity contribution in [3.63, 3.8) is 0 Å². The molecule has 4 aliphatic carbocycles. The van der Waals surface area contributed by atoms with Gasteiger partial charge >= 0.3 is 0 Å². The fraction of sp³-hybridized carbons (Fsp3) is 0.0423. The third kappa shape index (κ3) is 11.0. The van der Waals surface area contributed by atoms with Crippen molar-refractivity contribution in [3.8, 4) is 89.0 Å². The molecule has 4 aliphatic rings. The van der Waals surface area contributed by atoms with Crippen LogP contribution in [0.4, 0.5) is 0 Å². The molecule has 0 N–H and O–H groups in total. The summed E-state index contributed by atoms with van der Waals surface area (Å²) in [6.07, 6.45) is 0. The molecule has 28 aromatic rings. The molecule has 32 rings (SSSR count). The first-order chi connectivity index (χ1) is 72.3. The van der Waals surface area contributed by atoms with Crippen LogP contribution in [0.5, 0.6) is 0 Å². The third-order valence-corrected chi connectivity index (χ3v) is 33.4. The molecule has 0 aliphatic heterocycles. The maximum absolute atomic E-state index is 7.28. The van der Waals surface area contributed by atoms with Crippen LogP contribution in [0.3, 0.4) is 0 Å². The van der Waals surface area contributed by atoms with Gasteiger partial charge in [0.2, 0.25) is 0 Å². The summed E-state index contributed by atoms with van der Waals surface area (Å²) in [5.74, 6) is 0. The van der Waals surface area contributed by atoms with E-state index < -0.39 is 16.2 Å². The average molecular weight is 1860 g/mol. The van der Waals surface area contributed by atoms with Gasteiger partial charge < -0.3 is 17.7 Å². The minimum Gasteiger partial charge on any atom is -0.456 e. The lowest BCUT2D eigenvalue weighted by Crippen LogP contribution is -2.28. The van der Waals surface area contributed by atoms with Crippen LogP contribution in [0.15, 0.2) is 515 Å². The zero-order valence-corrected chi connectivity index (χ0v) is 80.0.